The summed E-state index contributed by atoms with van der Waals surface area (Å²) in [5, 5.41) is 8.05. The van der Waals surface area contributed by atoms with E-state index in [0.29, 0.717) is 0 Å². The van der Waals surface area contributed by atoms with Crippen molar-refractivity contribution in [3.8, 4) is 0 Å². The predicted octanol–water partition coefficient (Wildman–Crippen LogP) is 0.707. The molecule has 13 heavy (non-hydrogen) atoms. The molecule has 0 unspecified atom stereocenters. The van der Waals surface area contributed by atoms with E-state index < -0.39 is 20.0 Å². The third kappa shape index (κ3) is 2.40. The number of carboxylic acid groups (broad SMARTS) is 1. The van der Waals surface area contributed by atoms with Gasteiger partial charge in [-0.05, 0) is 12.1 Å². The van der Waals surface area contributed by atoms with Gasteiger partial charge < -0.3 is 5.11 Å². The maximum atomic E-state index is 10.7. The molecule has 1 aromatic rings. The molecular weight excluding hydrogens is 218 g/mol. The van der Waals surface area contributed by atoms with E-state index in [1.807, 2.05) is 0 Å². The fourth-order valence-electron chi connectivity index (χ4n) is 0.676. The molecule has 70 valence electrons. The van der Waals surface area contributed by atoms with E-state index in [0.717, 1.165) is 12.3 Å². The van der Waals surface area contributed by atoms with Gasteiger partial charge in [-0.1, -0.05) is 0 Å². The predicted molar refractivity (Wildman–Crippen MR) is 44.2 cm³/mol. The molecule has 0 aliphatic rings. The van der Waals surface area contributed by atoms with Crippen molar-refractivity contribution < 1.29 is 18.3 Å². The van der Waals surface area contributed by atoms with Crippen LogP contribution in [0.3, 0.4) is 0 Å². The standard InChI is InChI=1S/C6H4ClNO4S/c7-13(11,12)5-3-4(6(9)10)1-2-8-5/h1-3H,(H,9,10). The molecule has 0 spiro atoms. The number of aromatic nitrogens is 1. The molecular formula is C6H4ClNO4S. The van der Waals surface area contributed by atoms with Crippen molar-refractivity contribution in [2.24, 2.45) is 0 Å². The minimum Gasteiger partial charge on any atom is -0.478 e. The molecule has 0 amide bonds. The van der Waals surface area contributed by atoms with Crippen LogP contribution in [0, 0.1) is 0 Å². The monoisotopic (exact) mass is 221 g/mol. The molecule has 1 heterocycles. The van der Waals surface area contributed by atoms with E-state index in [2.05, 4.69) is 4.98 Å². The Labute approximate surface area is 78.4 Å². The zero-order chi connectivity index (χ0) is 10.1. The van der Waals surface area contributed by atoms with E-state index in [1.165, 1.54) is 6.07 Å². The van der Waals surface area contributed by atoms with Crippen molar-refractivity contribution in [2.45, 2.75) is 5.03 Å². The highest BCUT2D eigenvalue weighted by atomic mass is 35.7. The summed E-state index contributed by atoms with van der Waals surface area (Å²) in [5.41, 5.74) is -0.172. The first-order valence-corrected chi connectivity index (χ1v) is 5.36. The maximum absolute atomic E-state index is 10.7. The Balaban J connectivity index is 3.29. The van der Waals surface area contributed by atoms with Crippen LogP contribution in [0.25, 0.3) is 0 Å². The van der Waals surface area contributed by atoms with Gasteiger partial charge in [-0.15, -0.1) is 0 Å². The van der Waals surface area contributed by atoms with Gasteiger partial charge in [0.25, 0.3) is 9.05 Å². The molecule has 0 radical (unpaired) electrons. The Morgan fingerprint density at radius 1 is 1.54 bits per heavy atom. The minimum absolute atomic E-state index is 0.172. The van der Waals surface area contributed by atoms with Gasteiger partial charge in [0.05, 0.1) is 5.56 Å². The Bertz CT molecular complexity index is 442. The molecule has 0 saturated carbocycles. The number of hydrogen-bond donors (Lipinski definition) is 1. The molecule has 1 aromatic heterocycles. The van der Waals surface area contributed by atoms with Gasteiger partial charge in [0.2, 0.25) is 0 Å². The Morgan fingerprint density at radius 2 is 2.15 bits per heavy atom. The van der Waals surface area contributed by atoms with Crippen molar-refractivity contribution in [2.75, 3.05) is 0 Å². The lowest BCUT2D eigenvalue weighted by Crippen LogP contribution is -2.01. The maximum Gasteiger partial charge on any atom is 0.335 e. The van der Waals surface area contributed by atoms with E-state index in [1.54, 1.807) is 0 Å². The highest BCUT2D eigenvalue weighted by Crippen LogP contribution is 2.12. The zero-order valence-corrected chi connectivity index (χ0v) is 7.71. The van der Waals surface area contributed by atoms with Gasteiger partial charge in [-0.3, -0.25) is 0 Å². The van der Waals surface area contributed by atoms with Gasteiger partial charge in [0.1, 0.15) is 0 Å². The van der Waals surface area contributed by atoms with Gasteiger partial charge in [-0.2, -0.15) is 0 Å². The van der Waals surface area contributed by atoms with Crippen molar-refractivity contribution in [3.63, 3.8) is 0 Å². The van der Waals surface area contributed by atoms with Crippen LogP contribution in [0.5, 0.6) is 0 Å². The number of carbonyl (C=O) groups is 1. The second-order valence-corrected chi connectivity index (χ2v) is 4.64. The largest absolute Gasteiger partial charge is 0.478 e. The molecule has 0 aromatic carbocycles. The van der Waals surface area contributed by atoms with E-state index >= 15 is 0 Å². The molecule has 5 nitrogen and oxygen atoms in total. The second-order valence-electron chi connectivity index (χ2n) is 2.13. The smallest absolute Gasteiger partial charge is 0.335 e. The summed E-state index contributed by atoms with van der Waals surface area (Å²) in [5.74, 6) is -1.23. The molecule has 0 saturated heterocycles. The summed E-state index contributed by atoms with van der Waals surface area (Å²) in [4.78, 5) is 13.8. The van der Waals surface area contributed by atoms with Crippen LogP contribution in [0.15, 0.2) is 23.4 Å². The second kappa shape index (κ2) is 3.31. The van der Waals surface area contributed by atoms with Crippen molar-refractivity contribution in [3.05, 3.63) is 23.9 Å². The Hall–Kier alpha value is -1.14. The lowest BCUT2D eigenvalue weighted by Gasteiger charge is -1.96. The number of nitrogens with zero attached hydrogens (tertiary/aromatic N) is 1. The average Bonchev–Trinajstić information content (AvgIpc) is 2.03. The van der Waals surface area contributed by atoms with Gasteiger partial charge >= 0.3 is 5.97 Å². The lowest BCUT2D eigenvalue weighted by molar-refractivity contribution is 0.0696. The third-order valence-electron chi connectivity index (χ3n) is 1.23. The van der Waals surface area contributed by atoms with Crippen molar-refractivity contribution in [1.29, 1.82) is 0 Å². The van der Waals surface area contributed by atoms with Crippen LogP contribution in [-0.2, 0) is 9.05 Å². The first-order valence-electron chi connectivity index (χ1n) is 3.05. The van der Waals surface area contributed by atoms with Crippen LogP contribution < -0.4 is 0 Å². The van der Waals surface area contributed by atoms with Gasteiger partial charge in [0, 0.05) is 16.9 Å². The topological polar surface area (TPSA) is 84.3 Å². The Kier molecular flexibility index (Phi) is 2.53. The van der Waals surface area contributed by atoms with Crippen LogP contribution in [0.4, 0.5) is 0 Å². The van der Waals surface area contributed by atoms with Crippen molar-refractivity contribution >= 4 is 25.7 Å². The summed E-state index contributed by atoms with van der Waals surface area (Å²) in [6, 6.07) is 2.07. The fraction of sp³-hybridized carbons (Fsp3) is 0. The molecule has 1 rings (SSSR count). The molecule has 0 atom stereocenters. The summed E-state index contributed by atoms with van der Waals surface area (Å²) in [7, 11) is 0.991. The number of aromatic carboxylic acids is 1. The van der Waals surface area contributed by atoms with Crippen LogP contribution in [-0.4, -0.2) is 24.5 Å². The summed E-state index contributed by atoms with van der Waals surface area (Å²) in [6.45, 7) is 0. The highest BCUT2D eigenvalue weighted by molar-refractivity contribution is 8.13. The highest BCUT2D eigenvalue weighted by Gasteiger charge is 2.13. The molecule has 7 heteroatoms. The molecule has 0 fully saturated rings. The zero-order valence-electron chi connectivity index (χ0n) is 6.14. The number of pyridine rings is 1. The average molecular weight is 222 g/mol. The van der Waals surface area contributed by atoms with Crippen molar-refractivity contribution in [1.82, 2.24) is 4.98 Å². The Morgan fingerprint density at radius 3 is 2.62 bits per heavy atom. The summed E-state index contributed by atoms with van der Waals surface area (Å²) in [6.07, 6.45) is 1.07. The minimum atomic E-state index is -3.96. The first kappa shape index (κ1) is 9.94. The lowest BCUT2D eigenvalue weighted by atomic mass is 10.3. The van der Waals surface area contributed by atoms with Crippen LogP contribution >= 0.6 is 10.7 Å². The molecule has 0 bridgehead atoms. The number of rotatable bonds is 2. The number of hydrogen-bond acceptors (Lipinski definition) is 4. The van der Waals surface area contributed by atoms with E-state index in [4.69, 9.17) is 15.8 Å². The molecule has 0 aliphatic carbocycles. The molecule has 0 aliphatic heterocycles. The number of carboxylic acids is 1. The molecule has 1 N–H and O–H groups in total. The van der Waals surface area contributed by atoms with Gasteiger partial charge in [0.15, 0.2) is 5.03 Å². The van der Waals surface area contributed by atoms with Gasteiger partial charge in [-0.25, -0.2) is 18.2 Å². The third-order valence-corrected chi connectivity index (χ3v) is 2.43. The SMILES string of the molecule is O=C(O)c1ccnc(S(=O)(=O)Cl)c1. The van der Waals surface area contributed by atoms with E-state index in [-0.39, 0.29) is 5.56 Å². The van der Waals surface area contributed by atoms with E-state index in [9.17, 15) is 13.2 Å². The fourth-order valence-corrected chi connectivity index (χ4v) is 1.38. The normalized spacial score (nSPS) is 11.2. The quantitative estimate of drug-likeness (QED) is 0.744. The summed E-state index contributed by atoms with van der Waals surface area (Å²) < 4.78 is 21.4. The van der Waals surface area contributed by atoms with Crippen LogP contribution in [0.1, 0.15) is 10.4 Å². The number of halogens is 1. The van der Waals surface area contributed by atoms with Crippen LogP contribution in [0.2, 0.25) is 0 Å². The summed E-state index contributed by atoms with van der Waals surface area (Å²) >= 11 is 0. The first-order chi connectivity index (χ1) is 5.91.